The van der Waals surface area contributed by atoms with Crippen molar-refractivity contribution in [2.45, 2.75) is 11.8 Å². The molecule has 3 aromatic rings. The number of sulfonamides is 1. The molecule has 0 aliphatic heterocycles. The van der Waals surface area contributed by atoms with Crippen LogP contribution in [-0.2, 0) is 14.8 Å². The van der Waals surface area contributed by atoms with Crippen molar-refractivity contribution in [2.24, 2.45) is 5.10 Å². The van der Waals surface area contributed by atoms with E-state index in [9.17, 15) is 18.3 Å². The molecule has 32 heavy (non-hydrogen) atoms. The van der Waals surface area contributed by atoms with Crippen LogP contribution in [0.2, 0.25) is 0 Å². The van der Waals surface area contributed by atoms with Gasteiger partial charge in [-0.25, -0.2) is 13.8 Å². The summed E-state index contributed by atoms with van der Waals surface area (Å²) in [5, 5.41) is 13.5. The number of anilines is 1. The van der Waals surface area contributed by atoms with Gasteiger partial charge in [-0.15, -0.1) is 0 Å². The number of carbonyl (C=O) groups excluding carboxylic acids is 1. The van der Waals surface area contributed by atoms with E-state index in [0.29, 0.717) is 16.8 Å². The number of methoxy groups -OCH3 is 1. The summed E-state index contributed by atoms with van der Waals surface area (Å²) < 4.78 is 32.7. The molecule has 1 amide bonds. The molecular formula is C23H23N3O5S. The van der Waals surface area contributed by atoms with Gasteiger partial charge in [-0.1, -0.05) is 36.4 Å². The fourth-order valence-corrected chi connectivity index (χ4v) is 4.49. The molecule has 0 aliphatic carbocycles. The largest absolute Gasteiger partial charge is 0.504 e. The Morgan fingerprint density at radius 2 is 1.78 bits per heavy atom. The van der Waals surface area contributed by atoms with Gasteiger partial charge >= 0.3 is 0 Å². The number of amides is 1. The zero-order valence-electron chi connectivity index (χ0n) is 17.6. The molecule has 0 heterocycles. The smallest absolute Gasteiger partial charge is 0.264 e. The van der Waals surface area contributed by atoms with E-state index in [2.05, 4.69) is 10.5 Å². The summed E-state index contributed by atoms with van der Waals surface area (Å²) in [5.41, 5.74) is 4.03. The van der Waals surface area contributed by atoms with Crippen LogP contribution in [0.25, 0.3) is 0 Å². The van der Waals surface area contributed by atoms with Crippen LogP contribution in [0, 0.1) is 6.92 Å². The maximum atomic E-state index is 13.3. The average Bonchev–Trinajstić information content (AvgIpc) is 2.79. The number of phenolic OH excluding ortho intramolecular Hbond substituents is 1. The second-order valence-electron chi connectivity index (χ2n) is 6.84. The summed E-state index contributed by atoms with van der Waals surface area (Å²) in [6.07, 6.45) is 1.36. The topological polar surface area (TPSA) is 108 Å². The third-order valence-electron chi connectivity index (χ3n) is 4.61. The van der Waals surface area contributed by atoms with Gasteiger partial charge in [0, 0.05) is 0 Å². The molecule has 0 saturated heterocycles. The van der Waals surface area contributed by atoms with E-state index in [-0.39, 0.29) is 16.4 Å². The van der Waals surface area contributed by atoms with E-state index in [1.165, 1.54) is 31.5 Å². The molecule has 9 heteroatoms. The molecule has 0 bridgehead atoms. The van der Waals surface area contributed by atoms with Gasteiger partial charge < -0.3 is 9.84 Å². The van der Waals surface area contributed by atoms with Crippen LogP contribution in [0.4, 0.5) is 5.69 Å². The van der Waals surface area contributed by atoms with Gasteiger partial charge in [0.15, 0.2) is 11.5 Å². The van der Waals surface area contributed by atoms with Gasteiger partial charge in [0.2, 0.25) is 0 Å². The lowest BCUT2D eigenvalue weighted by molar-refractivity contribution is -0.119. The number of rotatable bonds is 8. The first-order chi connectivity index (χ1) is 15.3. The minimum atomic E-state index is -3.99. The van der Waals surface area contributed by atoms with Crippen molar-refractivity contribution < 1.29 is 23.1 Å². The molecule has 0 unspecified atom stereocenters. The maximum absolute atomic E-state index is 13.3. The van der Waals surface area contributed by atoms with E-state index in [1.54, 1.807) is 61.5 Å². The first-order valence-corrected chi connectivity index (χ1v) is 11.1. The highest BCUT2D eigenvalue weighted by atomic mass is 32.2. The van der Waals surface area contributed by atoms with Crippen molar-refractivity contribution in [1.29, 1.82) is 0 Å². The van der Waals surface area contributed by atoms with Crippen LogP contribution < -0.4 is 14.5 Å². The highest BCUT2D eigenvalue weighted by molar-refractivity contribution is 7.92. The molecular weight excluding hydrogens is 430 g/mol. The normalized spacial score (nSPS) is 11.3. The van der Waals surface area contributed by atoms with Crippen LogP contribution in [0.3, 0.4) is 0 Å². The molecule has 0 aliphatic rings. The summed E-state index contributed by atoms with van der Waals surface area (Å²) in [5.74, 6) is -0.372. The van der Waals surface area contributed by atoms with Crippen molar-refractivity contribution in [3.63, 3.8) is 0 Å². The van der Waals surface area contributed by atoms with Gasteiger partial charge in [-0.2, -0.15) is 5.10 Å². The number of phenols is 1. The summed E-state index contributed by atoms with van der Waals surface area (Å²) in [4.78, 5) is 12.7. The molecule has 0 aromatic heterocycles. The minimum absolute atomic E-state index is 0.0197. The Morgan fingerprint density at radius 1 is 1.09 bits per heavy atom. The Kier molecular flexibility index (Phi) is 7.11. The Hall–Kier alpha value is -3.85. The van der Waals surface area contributed by atoms with Crippen molar-refractivity contribution in [2.75, 3.05) is 18.0 Å². The predicted octanol–water partition coefficient (Wildman–Crippen LogP) is 3.05. The lowest BCUT2D eigenvalue weighted by Gasteiger charge is -2.25. The quantitative estimate of drug-likeness (QED) is 0.403. The number of hydrazone groups is 1. The van der Waals surface area contributed by atoms with Crippen LogP contribution in [0.1, 0.15) is 11.1 Å². The number of aromatic hydroxyl groups is 1. The molecule has 0 atom stereocenters. The molecule has 3 aromatic carbocycles. The van der Waals surface area contributed by atoms with E-state index in [1.807, 2.05) is 0 Å². The van der Waals surface area contributed by atoms with Gasteiger partial charge in [0.25, 0.3) is 15.9 Å². The fourth-order valence-electron chi connectivity index (χ4n) is 2.98. The summed E-state index contributed by atoms with van der Waals surface area (Å²) in [6.45, 7) is 1.31. The Morgan fingerprint density at radius 3 is 2.47 bits per heavy atom. The zero-order chi connectivity index (χ0) is 23.1. The lowest BCUT2D eigenvalue weighted by Crippen LogP contribution is -2.40. The van der Waals surface area contributed by atoms with Crippen molar-refractivity contribution in [1.82, 2.24) is 5.43 Å². The number of hydrogen-bond donors (Lipinski definition) is 2. The van der Waals surface area contributed by atoms with Crippen LogP contribution >= 0.6 is 0 Å². The van der Waals surface area contributed by atoms with Gasteiger partial charge in [-0.05, 0) is 54.4 Å². The third-order valence-corrected chi connectivity index (χ3v) is 6.38. The highest BCUT2D eigenvalue weighted by Crippen LogP contribution is 2.27. The molecule has 0 radical (unpaired) electrons. The molecule has 0 fully saturated rings. The monoisotopic (exact) mass is 453 g/mol. The van der Waals surface area contributed by atoms with Crippen molar-refractivity contribution >= 4 is 27.8 Å². The summed E-state index contributed by atoms with van der Waals surface area (Å²) in [6, 6.07) is 19.4. The first kappa shape index (κ1) is 22.8. The van der Waals surface area contributed by atoms with E-state index in [0.717, 1.165) is 4.31 Å². The number of nitrogens with one attached hydrogen (secondary N) is 1. The van der Waals surface area contributed by atoms with E-state index in [4.69, 9.17) is 4.74 Å². The SMILES string of the molecule is COc1cc(/C=N/NC(=O)CN(c2ccccc2C)S(=O)(=O)c2ccccc2)ccc1O. The number of ether oxygens (including phenoxy) is 1. The number of aryl methyl sites for hydroxylation is 1. The highest BCUT2D eigenvalue weighted by Gasteiger charge is 2.27. The van der Waals surface area contributed by atoms with Crippen LogP contribution in [0.5, 0.6) is 11.5 Å². The van der Waals surface area contributed by atoms with Gasteiger partial charge in [0.05, 0.1) is 23.9 Å². The second-order valence-corrected chi connectivity index (χ2v) is 8.70. The number of carbonyl (C=O) groups is 1. The first-order valence-electron chi connectivity index (χ1n) is 9.65. The fraction of sp³-hybridized carbons (Fsp3) is 0.130. The van der Waals surface area contributed by atoms with Crippen molar-refractivity contribution in [3.05, 3.63) is 83.9 Å². The van der Waals surface area contributed by atoms with Gasteiger partial charge in [-0.3, -0.25) is 9.10 Å². The van der Waals surface area contributed by atoms with Crippen molar-refractivity contribution in [3.8, 4) is 11.5 Å². The maximum Gasteiger partial charge on any atom is 0.264 e. The third kappa shape index (κ3) is 5.25. The zero-order valence-corrected chi connectivity index (χ0v) is 18.4. The lowest BCUT2D eigenvalue weighted by atomic mass is 10.2. The number of hydrogen-bond acceptors (Lipinski definition) is 6. The standard InChI is InChI=1S/C23H23N3O5S/c1-17-8-6-7-11-20(17)26(32(29,30)19-9-4-3-5-10-19)16-23(28)25-24-15-18-12-13-21(27)22(14-18)31-2/h3-15,27H,16H2,1-2H3,(H,25,28)/b24-15+. The number of para-hydroxylation sites is 1. The summed E-state index contributed by atoms with van der Waals surface area (Å²) in [7, 11) is -2.56. The molecule has 8 nitrogen and oxygen atoms in total. The molecule has 2 N–H and O–H groups in total. The number of nitrogens with zero attached hydrogens (tertiary/aromatic N) is 2. The van der Waals surface area contributed by atoms with Crippen LogP contribution in [-0.4, -0.2) is 39.3 Å². The number of benzene rings is 3. The Bertz CT molecular complexity index is 1230. The van der Waals surface area contributed by atoms with E-state index < -0.39 is 22.5 Å². The minimum Gasteiger partial charge on any atom is -0.504 e. The summed E-state index contributed by atoms with van der Waals surface area (Å²) >= 11 is 0. The Balaban J connectivity index is 1.82. The molecule has 3 rings (SSSR count). The van der Waals surface area contributed by atoms with Gasteiger partial charge in [0.1, 0.15) is 6.54 Å². The molecule has 0 saturated carbocycles. The molecule has 166 valence electrons. The Labute approximate surface area is 186 Å². The molecule has 0 spiro atoms. The predicted molar refractivity (Wildman–Crippen MR) is 123 cm³/mol. The van der Waals surface area contributed by atoms with Crippen LogP contribution in [0.15, 0.2) is 82.8 Å². The average molecular weight is 454 g/mol. The van der Waals surface area contributed by atoms with E-state index >= 15 is 0 Å². The second kappa shape index (κ2) is 9.97.